The van der Waals surface area contributed by atoms with Crippen molar-refractivity contribution in [3.63, 3.8) is 0 Å². The molecule has 17 heavy (non-hydrogen) atoms. The summed E-state index contributed by atoms with van der Waals surface area (Å²) < 4.78 is 5.68. The first kappa shape index (κ1) is 12.7. The van der Waals surface area contributed by atoms with Gasteiger partial charge in [-0.25, -0.2) is 0 Å². The van der Waals surface area contributed by atoms with Crippen LogP contribution in [0.2, 0.25) is 5.02 Å². The predicted molar refractivity (Wildman–Crippen MR) is 71.8 cm³/mol. The summed E-state index contributed by atoms with van der Waals surface area (Å²) in [5.74, 6) is 1.65. The summed E-state index contributed by atoms with van der Waals surface area (Å²) in [4.78, 5) is 0. The van der Waals surface area contributed by atoms with Crippen molar-refractivity contribution in [3.8, 4) is 5.75 Å². The maximum atomic E-state index is 6.15. The van der Waals surface area contributed by atoms with Crippen molar-refractivity contribution in [1.29, 1.82) is 0 Å². The van der Waals surface area contributed by atoms with Gasteiger partial charge in [-0.1, -0.05) is 25.4 Å². The minimum absolute atomic E-state index is 0.182. The lowest BCUT2D eigenvalue weighted by molar-refractivity contribution is 0.351. The van der Waals surface area contributed by atoms with E-state index in [0.29, 0.717) is 5.92 Å². The van der Waals surface area contributed by atoms with Crippen molar-refractivity contribution in [2.24, 2.45) is 11.7 Å². The first-order valence-electron chi connectivity index (χ1n) is 6.26. The van der Waals surface area contributed by atoms with Gasteiger partial charge in [-0.3, -0.25) is 0 Å². The monoisotopic (exact) mass is 253 g/mol. The smallest absolute Gasteiger partial charge is 0.125 e. The van der Waals surface area contributed by atoms with Gasteiger partial charge in [-0.15, -0.1) is 0 Å². The molecule has 1 aromatic rings. The van der Waals surface area contributed by atoms with Gasteiger partial charge in [0, 0.05) is 17.5 Å². The molecule has 3 heteroatoms. The van der Waals surface area contributed by atoms with Gasteiger partial charge in [0.05, 0.1) is 6.61 Å². The van der Waals surface area contributed by atoms with Gasteiger partial charge < -0.3 is 10.5 Å². The number of fused-ring (bicyclic) bond motifs is 1. The topological polar surface area (TPSA) is 35.2 Å². The summed E-state index contributed by atoms with van der Waals surface area (Å²) in [6, 6.07) is 4.18. The van der Waals surface area contributed by atoms with Crippen LogP contribution < -0.4 is 10.5 Å². The number of hydrogen-bond donors (Lipinski definition) is 1. The lowest BCUT2D eigenvalue weighted by Crippen LogP contribution is -2.24. The van der Waals surface area contributed by atoms with Crippen LogP contribution in [0.1, 0.15) is 31.4 Å². The fourth-order valence-corrected chi connectivity index (χ4v) is 2.73. The van der Waals surface area contributed by atoms with E-state index in [1.807, 2.05) is 12.1 Å². The van der Waals surface area contributed by atoms with E-state index in [1.54, 1.807) is 0 Å². The highest BCUT2D eigenvalue weighted by molar-refractivity contribution is 6.30. The molecule has 1 aromatic carbocycles. The van der Waals surface area contributed by atoms with Gasteiger partial charge in [0.1, 0.15) is 5.75 Å². The van der Waals surface area contributed by atoms with E-state index in [0.717, 1.165) is 42.2 Å². The van der Waals surface area contributed by atoms with Crippen LogP contribution in [0, 0.1) is 5.92 Å². The Morgan fingerprint density at radius 2 is 2.18 bits per heavy atom. The summed E-state index contributed by atoms with van der Waals surface area (Å²) in [5.41, 5.74) is 8.54. The predicted octanol–water partition coefficient (Wildman–Crippen LogP) is 3.19. The second kappa shape index (κ2) is 5.28. The standard InChI is InChI=1S/C14H20ClNO/c1-9(2)5-13(16)8-11-7-12(15)6-10-3-4-17-14(10)11/h6-7,9,13H,3-5,8,16H2,1-2H3. The summed E-state index contributed by atoms with van der Waals surface area (Å²) in [6.07, 6.45) is 2.84. The number of nitrogens with two attached hydrogens (primary N) is 1. The number of halogens is 1. The average Bonchev–Trinajstić information content (AvgIpc) is 2.63. The fourth-order valence-electron chi connectivity index (χ4n) is 2.47. The van der Waals surface area contributed by atoms with E-state index < -0.39 is 0 Å². The SMILES string of the molecule is CC(C)CC(N)Cc1cc(Cl)cc2c1OCC2. The van der Waals surface area contributed by atoms with Crippen LogP contribution in [0.15, 0.2) is 12.1 Å². The van der Waals surface area contributed by atoms with Crippen LogP contribution in [0.3, 0.4) is 0 Å². The zero-order valence-corrected chi connectivity index (χ0v) is 11.3. The fraction of sp³-hybridized carbons (Fsp3) is 0.571. The van der Waals surface area contributed by atoms with Gasteiger partial charge in [0.2, 0.25) is 0 Å². The quantitative estimate of drug-likeness (QED) is 0.895. The Kier molecular flexibility index (Phi) is 3.95. The van der Waals surface area contributed by atoms with Crippen LogP contribution in [0.25, 0.3) is 0 Å². The van der Waals surface area contributed by atoms with Crippen molar-refractivity contribution < 1.29 is 4.74 Å². The molecule has 1 aliphatic rings. The highest BCUT2D eigenvalue weighted by Gasteiger charge is 2.19. The molecule has 0 aromatic heterocycles. The molecule has 1 aliphatic heterocycles. The van der Waals surface area contributed by atoms with E-state index in [9.17, 15) is 0 Å². The molecule has 1 atom stereocenters. The lowest BCUT2D eigenvalue weighted by Gasteiger charge is -2.16. The Labute approximate surface area is 108 Å². The first-order chi connectivity index (χ1) is 8.06. The Morgan fingerprint density at radius 1 is 1.41 bits per heavy atom. The summed E-state index contributed by atoms with van der Waals surface area (Å²) in [7, 11) is 0. The van der Waals surface area contributed by atoms with Crippen molar-refractivity contribution in [3.05, 3.63) is 28.3 Å². The largest absolute Gasteiger partial charge is 0.493 e. The van der Waals surface area contributed by atoms with Gasteiger partial charge >= 0.3 is 0 Å². The van der Waals surface area contributed by atoms with Crippen LogP contribution in [-0.2, 0) is 12.8 Å². The molecule has 94 valence electrons. The minimum Gasteiger partial charge on any atom is -0.493 e. The minimum atomic E-state index is 0.182. The molecule has 0 amide bonds. The molecule has 0 aliphatic carbocycles. The molecule has 2 N–H and O–H groups in total. The normalized spacial score (nSPS) is 15.8. The Morgan fingerprint density at radius 3 is 2.88 bits per heavy atom. The second-order valence-corrected chi connectivity index (χ2v) is 5.68. The van der Waals surface area contributed by atoms with E-state index in [-0.39, 0.29) is 6.04 Å². The van der Waals surface area contributed by atoms with Gasteiger partial charge in [-0.05, 0) is 42.0 Å². The summed E-state index contributed by atoms with van der Waals surface area (Å²) >= 11 is 6.12. The number of benzene rings is 1. The van der Waals surface area contributed by atoms with Crippen molar-refractivity contribution >= 4 is 11.6 Å². The van der Waals surface area contributed by atoms with Gasteiger partial charge in [-0.2, -0.15) is 0 Å². The molecule has 2 nitrogen and oxygen atoms in total. The third-order valence-corrected chi connectivity index (χ3v) is 3.30. The second-order valence-electron chi connectivity index (χ2n) is 5.25. The van der Waals surface area contributed by atoms with Gasteiger partial charge in [0.15, 0.2) is 0 Å². The molecule has 0 bridgehead atoms. The molecule has 1 unspecified atom stereocenters. The molecule has 0 radical (unpaired) electrons. The third-order valence-electron chi connectivity index (χ3n) is 3.08. The maximum Gasteiger partial charge on any atom is 0.125 e. The van der Waals surface area contributed by atoms with Gasteiger partial charge in [0.25, 0.3) is 0 Å². The Bertz CT molecular complexity index is 403. The maximum absolute atomic E-state index is 6.15. The molecule has 0 fully saturated rings. The molecule has 1 heterocycles. The van der Waals surface area contributed by atoms with E-state index in [1.165, 1.54) is 5.56 Å². The summed E-state index contributed by atoms with van der Waals surface area (Å²) in [5, 5.41) is 0.793. The molecule has 0 saturated carbocycles. The molecule has 0 saturated heterocycles. The van der Waals surface area contributed by atoms with Crippen molar-refractivity contribution in [1.82, 2.24) is 0 Å². The summed E-state index contributed by atoms with van der Waals surface area (Å²) in [6.45, 7) is 5.15. The first-order valence-corrected chi connectivity index (χ1v) is 6.63. The number of rotatable bonds is 4. The van der Waals surface area contributed by atoms with Crippen molar-refractivity contribution in [2.75, 3.05) is 6.61 Å². The lowest BCUT2D eigenvalue weighted by atomic mass is 9.96. The third kappa shape index (κ3) is 3.14. The van der Waals surface area contributed by atoms with Crippen LogP contribution in [-0.4, -0.2) is 12.6 Å². The van der Waals surface area contributed by atoms with Crippen LogP contribution in [0.4, 0.5) is 0 Å². The number of ether oxygens (including phenoxy) is 1. The molecular weight excluding hydrogens is 234 g/mol. The van der Waals surface area contributed by atoms with Crippen LogP contribution in [0.5, 0.6) is 5.75 Å². The average molecular weight is 254 g/mol. The Hall–Kier alpha value is -0.730. The molecular formula is C14H20ClNO. The molecule has 0 spiro atoms. The zero-order valence-electron chi connectivity index (χ0n) is 10.5. The number of hydrogen-bond acceptors (Lipinski definition) is 2. The van der Waals surface area contributed by atoms with E-state index in [2.05, 4.69) is 13.8 Å². The van der Waals surface area contributed by atoms with Crippen LogP contribution >= 0.6 is 11.6 Å². The highest BCUT2D eigenvalue weighted by Crippen LogP contribution is 2.33. The van der Waals surface area contributed by atoms with E-state index >= 15 is 0 Å². The highest BCUT2D eigenvalue weighted by atomic mass is 35.5. The van der Waals surface area contributed by atoms with E-state index in [4.69, 9.17) is 22.1 Å². The zero-order chi connectivity index (χ0) is 12.4. The molecule has 2 rings (SSSR count). The van der Waals surface area contributed by atoms with Crippen molar-refractivity contribution in [2.45, 2.75) is 39.2 Å². The Balaban J connectivity index is 2.15.